The van der Waals surface area contributed by atoms with E-state index in [0.717, 1.165) is 13.1 Å². The van der Waals surface area contributed by atoms with Crippen LogP contribution in [0.15, 0.2) is 0 Å². The molecule has 0 aliphatic rings. The Morgan fingerprint density at radius 3 is 0.776 bits per heavy atom. The van der Waals surface area contributed by atoms with E-state index in [9.17, 15) is 5.11 Å². The second-order valence-corrected chi connectivity index (χ2v) is 15.3. The first kappa shape index (κ1) is 52.7. The average molecular weight is 732 g/mol. The van der Waals surface area contributed by atoms with Gasteiger partial charge in [-0.05, 0) is 77.4 Å². The molecule has 0 saturated heterocycles. The van der Waals surface area contributed by atoms with Crippen LogP contribution >= 0.6 is 24.4 Å². The standard InChI is InChI=1S/C36H76N.C5H11NOS.CH3NOS/c1-5-9-13-17-21-23-27-31-35-37(33-29-25-19-15-11-7-3,34-30-26-20-16-12-8-4)36-32-28-24-22-18-14-10-6-2;1-3-6(4-2)5(7)8;2-1(3)4/h5-36H2,1-4H3;3-4H2,1-2H3,(H,7,8);(H3,2,3,4)/q+1;;/p-1. The molecule has 0 unspecified atom stereocenters. The number of quaternary nitrogens is 1. The summed E-state index contributed by atoms with van der Waals surface area (Å²) in [7, 11) is 0. The van der Waals surface area contributed by atoms with E-state index in [-0.39, 0.29) is 5.17 Å². The molecule has 0 aliphatic heterocycles. The maximum absolute atomic E-state index is 10.3. The first-order valence-electron chi connectivity index (χ1n) is 21.5. The molecule has 5 nitrogen and oxygen atoms in total. The minimum atomic E-state index is -0.500. The number of thiocarbonyl (C=S) groups is 2. The van der Waals surface area contributed by atoms with Gasteiger partial charge in [-0.3, -0.25) is 0 Å². The van der Waals surface area contributed by atoms with E-state index in [0.29, 0.717) is 0 Å². The third-order valence-electron chi connectivity index (χ3n) is 9.97. The van der Waals surface area contributed by atoms with Crippen LogP contribution in [0.2, 0.25) is 0 Å². The van der Waals surface area contributed by atoms with Crippen LogP contribution in [0, 0.1) is 0 Å². The second kappa shape index (κ2) is 43.5. The highest BCUT2D eigenvalue weighted by Crippen LogP contribution is 2.21. The van der Waals surface area contributed by atoms with Crippen LogP contribution < -0.4 is 10.8 Å². The molecule has 0 aromatic carbocycles. The lowest BCUT2D eigenvalue weighted by Crippen LogP contribution is -2.50. The van der Waals surface area contributed by atoms with Crippen LogP contribution in [0.5, 0.6) is 0 Å². The Bertz CT molecular complexity index is 620. The molecule has 0 saturated carbocycles. The van der Waals surface area contributed by atoms with Crippen molar-refractivity contribution in [2.45, 2.75) is 221 Å². The number of unbranched alkanes of at least 4 members (excludes halogenated alkanes) is 24. The molecule has 0 aromatic heterocycles. The first-order chi connectivity index (χ1) is 23.7. The molecule has 49 heavy (non-hydrogen) atoms. The van der Waals surface area contributed by atoms with Crippen LogP contribution in [-0.4, -0.2) is 64.1 Å². The summed E-state index contributed by atoms with van der Waals surface area (Å²) in [5.41, 5.74) is 4.40. The molecule has 0 bridgehead atoms. The van der Waals surface area contributed by atoms with Crippen LogP contribution in [0.4, 0.5) is 0 Å². The first-order valence-corrected chi connectivity index (χ1v) is 22.3. The van der Waals surface area contributed by atoms with Crippen molar-refractivity contribution in [3.63, 3.8) is 0 Å². The van der Waals surface area contributed by atoms with Gasteiger partial charge >= 0.3 is 0 Å². The Morgan fingerprint density at radius 1 is 0.449 bits per heavy atom. The lowest BCUT2D eigenvalue weighted by atomic mass is 10.0. The van der Waals surface area contributed by atoms with Gasteiger partial charge in [-0.15, -0.1) is 0 Å². The highest BCUT2D eigenvalue weighted by atomic mass is 32.1. The summed E-state index contributed by atoms with van der Waals surface area (Å²) in [4.78, 5) is 1.59. The van der Waals surface area contributed by atoms with Crippen LogP contribution in [0.25, 0.3) is 0 Å². The average Bonchev–Trinajstić information content (AvgIpc) is 3.07. The molecule has 3 N–H and O–H groups in total. The minimum absolute atomic E-state index is 0.255. The Hall–Kier alpha value is -0.660. The van der Waals surface area contributed by atoms with Gasteiger partial charge in [0.15, 0.2) is 0 Å². The van der Waals surface area contributed by atoms with Gasteiger partial charge in [0.2, 0.25) is 0 Å². The van der Waals surface area contributed by atoms with Crippen molar-refractivity contribution in [1.82, 2.24) is 4.90 Å². The minimum Gasteiger partial charge on any atom is -0.852 e. The van der Waals surface area contributed by atoms with E-state index in [4.69, 9.17) is 5.11 Å². The normalized spacial score (nSPS) is 11.0. The smallest absolute Gasteiger partial charge is 0.251 e. The summed E-state index contributed by atoms with van der Waals surface area (Å²) in [5, 5.41) is 17.2. The number of aliphatic hydroxyl groups is 1. The molecule has 0 atom stereocenters. The molecule has 0 fully saturated rings. The lowest BCUT2D eigenvalue weighted by Gasteiger charge is -2.40. The topological polar surface area (TPSA) is 72.5 Å². The molecule has 0 radical (unpaired) electrons. The SMILES string of the molecule is CCCCCCCCCC[N+](CCCCCCCC)(CCCCCCCC)CCCCCCCCCC.CCN(CC)C([O-])=S.NC(O)=S. The van der Waals surface area contributed by atoms with E-state index in [2.05, 4.69) is 57.9 Å². The summed E-state index contributed by atoms with van der Waals surface area (Å²) >= 11 is 8.26. The van der Waals surface area contributed by atoms with Gasteiger partial charge in [-0.1, -0.05) is 168 Å². The Balaban J connectivity index is -0.00000149. The molecule has 0 aliphatic carbocycles. The molecule has 0 heterocycles. The van der Waals surface area contributed by atoms with E-state index >= 15 is 0 Å². The fourth-order valence-corrected chi connectivity index (χ4v) is 7.03. The van der Waals surface area contributed by atoms with Crippen molar-refractivity contribution in [3.8, 4) is 0 Å². The van der Waals surface area contributed by atoms with E-state index in [1.165, 1.54) is 210 Å². The van der Waals surface area contributed by atoms with E-state index in [1.807, 2.05) is 13.8 Å². The van der Waals surface area contributed by atoms with Crippen LogP contribution in [-0.2, 0) is 0 Å². The molecule has 0 amide bonds. The summed E-state index contributed by atoms with van der Waals surface area (Å²) in [5.74, 6) is 0. The molecular weight excluding hydrogens is 643 g/mol. The van der Waals surface area contributed by atoms with Crippen molar-refractivity contribution in [2.24, 2.45) is 5.73 Å². The molecule has 0 aromatic rings. The maximum Gasteiger partial charge on any atom is 0.251 e. The predicted molar refractivity (Wildman–Crippen MR) is 227 cm³/mol. The van der Waals surface area contributed by atoms with Crippen molar-refractivity contribution >= 4 is 34.8 Å². The monoisotopic (exact) mass is 732 g/mol. The summed E-state index contributed by atoms with van der Waals surface area (Å²) in [6.45, 7) is 20.5. The van der Waals surface area contributed by atoms with Crippen molar-refractivity contribution in [1.29, 1.82) is 0 Å². The van der Waals surface area contributed by atoms with Crippen LogP contribution in [0.1, 0.15) is 221 Å². The zero-order chi connectivity index (χ0) is 37.3. The van der Waals surface area contributed by atoms with Crippen molar-refractivity contribution < 1.29 is 14.7 Å². The van der Waals surface area contributed by atoms with Crippen LogP contribution in [0.3, 0.4) is 0 Å². The summed E-state index contributed by atoms with van der Waals surface area (Å²) in [6, 6.07) is 0. The van der Waals surface area contributed by atoms with Crippen molar-refractivity contribution in [2.75, 3.05) is 39.3 Å². The fourth-order valence-electron chi connectivity index (χ4n) is 6.77. The maximum atomic E-state index is 10.3. The third-order valence-corrected chi connectivity index (χ3v) is 10.2. The molecule has 296 valence electrons. The van der Waals surface area contributed by atoms with Gasteiger partial charge in [0.25, 0.3) is 5.17 Å². The second-order valence-electron chi connectivity index (χ2n) is 14.5. The Morgan fingerprint density at radius 2 is 0.633 bits per heavy atom. The van der Waals surface area contributed by atoms with Gasteiger partial charge in [0.05, 0.1) is 26.2 Å². The zero-order valence-corrected chi connectivity index (χ0v) is 35.8. The number of nitrogens with two attached hydrogens (primary N) is 1. The Kier molecular flexibility index (Phi) is 46.8. The Labute approximate surface area is 319 Å². The zero-order valence-electron chi connectivity index (χ0n) is 34.2. The number of rotatable bonds is 34. The molecule has 7 heteroatoms. The largest absolute Gasteiger partial charge is 0.852 e. The van der Waals surface area contributed by atoms with Gasteiger partial charge in [0.1, 0.15) is 0 Å². The van der Waals surface area contributed by atoms with E-state index < -0.39 is 5.17 Å². The van der Waals surface area contributed by atoms with Gasteiger partial charge in [-0.2, -0.15) is 0 Å². The number of nitrogens with zero attached hydrogens (tertiary/aromatic N) is 2. The highest BCUT2D eigenvalue weighted by molar-refractivity contribution is 7.80. The molecule has 0 spiro atoms. The number of aliphatic hydroxyl groups excluding tert-OH is 1. The highest BCUT2D eigenvalue weighted by Gasteiger charge is 2.25. The molecular formula is C42H89N3O2S2. The van der Waals surface area contributed by atoms with Gasteiger partial charge in [-0.25, -0.2) is 0 Å². The fraction of sp³-hybridized carbons (Fsp3) is 0.952. The van der Waals surface area contributed by atoms with Crippen molar-refractivity contribution in [3.05, 3.63) is 0 Å². The van der Waals surface area contributed by atoms with Gasteiger partial charge in [0, 0.05) is 18.3 Å². The quantitative estimate of drug-likeness (QED) is 0.0390. The summed E-state index contributed by atoms with van der Waals surface area (Å²) < 4.78 is 1.48. The summed E-state index contributed by atoms with van der Waals surface area (Å²) in [6.07, 6.45) is 40.7. The third kappa shape index (κ3) is 43.4. The molecule has 0 rings (SSSR count). The lowest BCUT2D eigenvalue weighted by molar-refractivity contribution is -0.929. The predicted octanol–water partition coefficient (Wildman–Crippen LogP) is 12.6. The number of hydrogen-bond acceptors (Lipinski definition) is 3. The van der Waals surface area contributed by atoms with E-state index in [1.54, 1.807) is 4.90 Å². The number of hydrogen-bond donors (Lipinski definition) is 2. The van der Waals surface area contributed by atoms with Gasteiger partial charge < -0.3 is 25.3 Å².